The molecular weight excluding hydrogens is 314 g/mol. The first-order valence-electron chi connectivity index (χ1n) is 6.55. The molecule has 2 nitrogen and oxygen atoms in total. The predicted octanol–water partition coefficient (Wildman–Crippen LogP) is 5.76. The smallest absolute Gasteiger partial charge is 0.130 e. The lowest BCUT2D eigenvalue weighted by molar-refractivity contribution is 0.478. The molecule has 0 aliphatic carbocycles. The van der Waals surface area contributed by atoms with Gasteiger partial charge in [0.25, 0.3) is 0 Å². The third kappa shape index (κ3) is 4.11. The molecule has 2 rings (SSSR count). The fourth-order valence-electron chi connectivity index (χ4n) is 1.59. The van der Waals surface area contributed by atoms with E-state index in [0.717, 1.165) is 27.1 Å². The molecule has 0 aliphatic heterocycles. The summed E-state index contributed by atoms with van der Waals surface area (Å²) < 4.78 is 6.57. The molecule has 0 unspecified atom stereocenters. The molecule has 3 heteroatoms. The van der Waals surface area contributed by atoms with Gasteiger partial charge >= 0.3 is 0 Å². The monoisotopic (exact) mass is 331 g/mol. The van der Waals surface area contributed by atoms with Gasteiger partial charge in [-0.1, -0.05) is 26.0 Å². The Hall–Kier alpha value is -1.79. The maximum atomic E-state index is 8.86. The van der Waals surface area contributed by atoms with Gasteiger partial charge in [0.15, 0.2) is 0 Å². The summed E-state index contributed by atoms with van der Waals surface area (Å²) in [7, 11) is 0. The van der Waals surface area contributed by atoms with Crippen LogP contribution in [-0.2, 0) is 0 Å². The van der Waals surface area contributed by atoms with Gasteiger partial charge in [-0.05, 0) is 65.2 Å². The maximum Gasteiger partial charge on any atom is 0.130 e. The van der Waals surface area contributed by atoms with Gasteiger partial charge in [0, 0.05) is 4.47 Å². The zero-order valence-corrected chi connectivity index (χ0v) is 13.8. The molecule has 0 aliphatic rings. The minimum Gasteiger partial charge on any atom is -0.457 e. The Morgan fingerprint density at radius 1 is 1.05 bits per heavy atom. The zero-order chi connectivity index (χ0) is 15.1. The molecule has 0 saturated carbocycles. The van der Waals surface area contributed by atoms with Crippen molar-refractivity contribution in [2.75, 3.05) is 0 Å². The first-order valence-corrected chi connectivity index (χ1v) is 7.34. The van der Waals surface area contributed by atoms with Crippen molar-refractivity contribution in [2.24, 2.45) is 0 Å². The molecule has 0 atom stereocenters. The number of nitrogens with zero attached hydrogens (tertiary/aromatic N) is 1. The Morgan fingerprint density at radius 2 is 1.75 bits per heavy atom. The zero-order valence-electron chi connectivity index (χ0n) is 12.2. The number of hydrogen-bond acceptors (Lipinski definition) is 2. The Labute approximate surface area is 129 Å². The molecular formula is C17H18BrNO. The van der Waals surface area contributed by atoms with Crippen LogP contribution >= 0.6 is 15.9 Å². The Bertz CT molecular complexity index is 629. The topological polar surface area (TPSA) is 33.0 Å². The molecule has 0 saturated heterocycles. The largest absolute Gasteiger partial charge is 0.457 e. The van der Waals surface area contributed by atoms with Crippen LogP contribution in [0.4, 0.5) is 0 Å². The standard InChI is InChI=1S/C15H12BrNO.C2H6/c1-10-3-4-11(2)15(7-10)18-13-6-5-12(9-17)14(16)8-13;1-2/h3-8H,1-2H3;1-2H3. The van der Waals surface area contributed by atoms with E-state index < -0.39 is 0 Å². The van der Waals surface area contributed by atoms with E-state index >= 15 is 0 Å². The highest BCUT2D eigenvalue weighted by Crippen LogP contribution is 2.29. The summed E-state index contributed by atoms with van der Waals surface area (Å²) in [5, 5.41) is 8.86. The molecule has 2 aromatic carbocycles. The lowest BCUT2D eigenvalue weighted by Crippen LogP contribution is -1.89. The highest BCUT2D eigenvalue weighted by atomic mass is 79.9. The van der Waals surface area contributed by atoms with E-state index in [9.17, 15) is 0 Å². The van der Waals surface area contributed by atoms with Crippen LogP contribution in [0.5, 0.6) is 11.5 Å². The lowest BCUT2D eigenvalue weighted by atomic mass is 10.1. The Morgan fingerprint density at radius 3 is 2.35 bits per heavy atom. The second-order valence-corrected chi connectivity index (χ2v) is 4.98. The van der Waals surface area contributed by atoms with E-state index in [1.54, 1.807) is 18.2 Å². The Balaban J connectivity index is 0.000000956. The van der Waals surface area contributed by atoms with E-state index in [2.05, 4.69) is 28.1 Å². The molecule has 104 valence electrons. The second-order valence-electron chi connectivity index (χ2n) is 4.12. The quantitative estimate of drug-likeness (QED) is 0.701. The summed E-state index contributed by atoms with van der Waals surface area (Å²) in [4.78, 5) is 0. The molecule has 0 bridgehead atoms. The average molecular weight is 332 g/mol. The van der Waals surface area contributed by atoms with Crippen LogP contribution in [0.2, 0.25) is 0 Å². The third-order valence-corrected chi connectivity index (χ3v) is 3.29. The maximum absolute atomic E-state index is 8.86. The van der Waals surface area contributed by atoms with Crippen molar-refractivity contribution in [3.8, 4) is 17.6 Å². The van der Waals surface area contributed by atoms with Crippen molar-refractivity contribution in [1.29, 1.82) is 5.26 Å². The van der Waals surface area contributed by atoms with Crippen molar-refractivity contribution in [1.82, 2.24) is 0 Å². The van der Waals surface area contributed by atoms with Crippen LogP contribution in [0, 0.1) is 25.2 Å². The van der Waals surface area contributed by atoms with E-state index in [1.807, 2.05) is 39.8 Å². The normalized spacial score (nSPS) is 9.20. The average Bonchev–Trinajstić information content (AvgIpc) is 2.45. The van der Waals surface area contributed by atoms with E-state index in [-0.39, 0.29) is 0 Å². The molecule has 0 heterocycles. The molecule has 0 spiro atoms. The second kappa shape index (κ2) is 7.72. The number of nitriles is 1. The molecule has 2 aromatic rings. The van der Waals surface area contributed by atoms with E-state index in [4.69, 9.17) is 10.00 Å². The molecule has 20 heavy (non-hydrogen) atoms. The number of ether oxygens (including phenoxy) is 1. The van der Waals surface area contributed by atoms with Crippen molar-refractivity contribution < 1.29 is 4.74 Å². The number of rotatable bonds is 2. The van der Waals surface area contributed by atoms with Crippen LogP contribution in [0.25, 0.3) is 0 Å². The van der Waals surface area contributed by atoms with Gasteiger partial charge in [-0.25, -0.2) is 0 Å². The molecule has 0 radical (unpaired) electrons. The summed E-state index contributed by atoms with van der Waals surface area (Å²) >= 11 is 3.35. The summed E-state index contributed by atoms with van der Waals surface area (Å²) in [6, 6.07) is 13.5. The highest BCUT2D eigenvalue weighted by Gasteiger charge is 2.05. The van der Waals surface area contributed by atoms with Crippen molar-refractivity contribution in [2.45, 2.75) is 27.7 Å². The first-order chi connectivity index (χ1) is 9.60. The van der Waals surface area contributed by atoms with Crippen LogP contribution in [0.15, 0.2) is 40.9 Å². The van der Waals surface area contributed by atoms with Crippen molar-refractivity contribution >= 4 is 15.9 Å². The van der Waals surface area contributed by atoms with E-state index in [0.29, 0.717) is 5.56 Å². The van der Waals surface area contributed by atoms with Crippen molar-refractivity contribution in [3.63, 3.8) is 0 Å². The number of halogens is 1. The van der Waals surface area contributed by atoms with Crippen LogP contribution in [0.1, 0.15) is 30.5 Å². The fraction of sp³-hybridized carbons (Fsp3) is 0.235. The van der Waals surface area contributed by atoms with Gasteiger partial charge in [-0.2, -0.15) is 5.26 Å². The summed E-state index contributed by atoms with van der Waals surface area (Å²) in [5.74, 6) is 1.56. The van der Waals surface area contributed by atoms with Gasteiger partial charge in [-0.15, -0.1) is 0 Å². The highest BCUT2D eigenvalue weighted by molar-refractivity contribution is 9.10. The predicted molar refractivity (Wildman–Crippen MR) is 86.2 cm³/mol. The van der Waals surface area contributed by atoms with Crippen LogP contribution in [0.3, 0.4) is 0 Å². The minimum absolute atomic E-state index is 0.600. The van der Waals surface area contributed by atoms with Gasteiger partial charge < -0.3 is 4.74 Å². The van der Waals surface area contributed by atoms with Gasteiger partial charge in [0.1, 0.15) is 17.6 Å². The number of aryl methyl sites for hydroxylation is 2. The molecule has 0 amide bonds. The molecule has 0 fully saturated rings. The SMILES string of the molecule is CC.Cc1ccc(C)c(Oc2ccc(C#N)c(Br)c2)c1. The Kier molecular flexibility index (Phi) is 6.27. The third-order valence-electron chi connectivity index (χ3n) is 2.63. The van der Waals surface area contributed by atoms with Crippen molar-refractivity contribution in [3.05, 3.63) is 57.6 Å². The van der Waals surface area contributed by atoms with Crippen LogP contribution in [-0.4, -0.2) is 0 Å². The molecule has 0 N–H and O–H groups in total. The summed E-state index contributed by atoms with van der Waals surface area (Å²) in [5.41, 5.74) is 2.84. The number of hydrogen-bond donors (Lipinski definition) is 0. The van der Waals surface area contributed by atoms with E-state index in [1.165, 1.54) is 0 Å². The fourth-order valence-corrected chi connectivity index (χ4v) is 2.04. The summed E-state index contributed by atoms with van der Waals surface area (Å²) in [6.45, 7) is 8.04. The van der Waals surface area contributed by atoms with Crippen LogP contribution < -0.4 is 4.74 Å². The van der Waals surface area contributed by atoms with Gasteiger partial charge in [0.05, 0.1) is 5.56 Å². The van der Waals surface area contributed by atoms with Gasteiger partial charge in [0.2, 0.25) is 0 Å². The summed E-state index contributed by atoms with van der Waals surface area (Å²) in [6.07, 6.45) is 0. The minimum atomic E-state index is 0.600. The number of benzene rings is 2. The first kappa shape index (κ1) is 16.3. The lowest BCUT2D eigenvalue weighted by Gasteiger charge is -2.10. The molecule has 0 aromatic heterocycles. The van der Waals surface area contributed by atoms with Gasteiger partial charge in [-0.3, -0.25) is 0 Å².